The Bertz CT molecular complexity index is 369. The van der Waals surface area contributed by atoms with Gasteiger partial charge in [0.15, 0.2) is 0 Å². The standard InChI is InChI=1S/C15H21BrO5/c16-5-6-18-7-8-19-9-10-20-11-12-21-15-3-1-14(13-17)2-4-15/h1-4,13H,5-12H2. The summed E-state index contributed by atoms with van der Waals surface area (Å²) in [5.74, 6) is 0.726. The van der Waals surface area contributed by atoms with Crippen LogP contribution < -0.4 is 4.74 Å². The zero-order valence-electron chi connectivity index (χ0n) is 12.0. The van der Waals surface area contributed by atoms with Gasteiger partial charge in [0, 0.05) is 10.9 Å². The van der Waals surface area contributed by atoms with E-state index in [0.29, 0.717) is 51.8 Å². The Morgan fingerprint density at radius 2 is 1.33 bits per heavy atom. The molecule has 0 aliphatic carbocycles. The molecule has 0 aliphatic rings. The normalized spacial score (nSPS) is 10.5. The fourth-order valence-corrected chi connectivity index (χ4v) is 1.69. The second kappa shape index (κ2) is 12.8. The molecule has 0 amide bonds. The molecule has 0 aliphatic heterocycles. The first-order valence-corrected chi connectivity index (χ1v) is 7.96. The summed E-state index contributed by atoms with van der Waals surface area (Å²) in [6.45, 7) is 3.93. The molecule has 0 fully saturated rings. The highest BCUT2D eigenvalue weighted by Crippen LogP contribution is 2.10. The van der Waals surface area contributed by atoms with Crippen molar-refractivity contribution in [2.24, 2.45) is 0 Å². The molecule has 0 spiro atoms. The summed E-state index contributed by atoms with van der Waals surface area (Å²) in [6, 6.07) is 6.96. The van der Waals surface area contributed by atoms with Crippen LogP contribution in [0.1, 0.15) is 10.4 Å². The summed E-state index contributed by atoms with van der Waals surface area (Å²) in [7, 11) is 0. The Morgan fingerprint density at radius 1 is 0.810 bits per heavy atom. The molecule has 5 nitrogen and oxygen atoms in total. The van der Waals surface area contributed by atoms with Gasteiger partial charge in [-0.15, -0.1) is 0 Å². The van der Waals surface area contributed by atoms with E-state index in [1.54, 1.807) is 24.3 Å². The smallest absolute Gasteiger partial charge is 0.150 e. The molecule has 118 valence electrons. The molecule has 0 atom stereocenters. The maximum atomic E-state index is 10.5. The van der Waals surface area contributed by atoms with Crippen molar-refractivity contribution in [1.29, 1.82) is 0 Å². The second-order valence-corrected chi connectivity index (χ2v) is 4.85. The average molecular weight is 361 g/mol. The van der Waals surface area contributed by atoms with Gasteiger partial charge in [0.05, 0.1) is 39.6 Å². The van der Waals surface area contributed by atoms with Crippen molar-refractivity contribution in [3.8, 4) is 5.75 Å². The first-order valence-electron chi connectivity index (χ1n) is 6.84. The fourth-order valence-electron chi connectivity index (χ4n) is 1.46. The maximum Gasteiger partial charge on any atom is 0.150 e. The number of aldehydes is 1. The lowest BCUT2D eigenvalue weighted by atomic mass is 10.2. The van der Waals surface area contributed by atoms with Gasteiger partial charge in [0.25, 0.3) is 0 Å². The largest absolute Gasteiger partial charge is 0.491 e. The van der Waals surface area contributed by atoms with Gasteiger partial charge in [-0.1, -0.05) is 15.9 Å². The van der Waals surface area contributed by atoms with Crippen LogP contribution in [0.2, 0.25) is 0 Å². The number of alkyl halides is 1. The van der Waals surface area contributed by atoms with Crippen LogP contribution >= 0.6 is 15.9 Å². The first-order chi connectivity index (χ1) is 10.4. The molecule has 0 bridgehead atoms. The Balaban J connectivity index is 1.89. The number of carbonyl (C=O) groups is 1. The third kappa shape index (κ3) is 9.57. The fraction of sp³-hybridized carbons (Fsp3) is 0.533. The van der Waals surface area contributed by atoms with Crippen molar-refractivity contribution >= 4 is 22.2 Å². The molecule has 1 aromatic rings. The summed E-state index contributed by atoms with van der Waals surface area (Å²) in [6.07, 6.45) is 0.803. The zero-order chi connectivity index (χ0) is 15.2. The summed E-state index contributed by atoms with van der Waals surface area (Å²) in [4.78, 5) is 10.5. The van der Waals surface area contributed by atoms with Gasteiger partial charge in [-0.2, -0.15) is 0 Å². The molecule has 21 heavy (non-hydrogen) atoms. The molecule has 0 heterocycles. The van der Waals surface area contributed by atoms with Crippen LogP contribution in [0.5, 0.6) is 5.75 Å². The zero-order valence-corrected chi connectivity index (χ0v) is 13.5. The van der Waals surface area contributed by atoms with Crippen molar-refractivity contribution in [3.05, 3.63) is 29.8 Å². The van der Waals surface area contributed by atoms with Crippen LogP contribution in [-0.4, -0.2) is 57.9 Å². The quantitative estimate of drug-likeness (QED) is 0.307. The van der Waals surface area contributed by atoms with E-state index in [2.05, 4.69) is 15.9 Å². The lowest BCUT2D eigenvalue weighted by molar-refractivity contribution is 0.0119. The number of halogens is 1. The van der Waals surface area contributed by atoms with Gasteiger partial charge < -0.3 is 18.9 Å². The summed E-state index contributed by atoms with van der Waals surface area (Å²) in [5, 5.41) is 0.841. The Labute approximate surface area is 133 Å². The predicted octanol–water partition coefficient (Wildman–Crippen LogP) is 2.32. The van der Waals surface area contributed by atoms with E-state index in [9.17, 15) is 4.79 Å². The highest BCUT2D eigenvalue weighted by atomic mass is 79.9. The van der Waals surface area contributed by atoms with E-state index < -0.39 is 0 Å². The van der Waals surface area contributed by atoms with Crippen LogP contribution in [0, 0.1) is 0 Å². The number of benzene rings is 1. The predicted molar refractivity (Wildman–Crippen MR) is 83.6 cm³/mol. The van der Waals surface area contributed by atoms with Gasteiger partial charge >= 0.3 is 0 Å². The third-order valence-corrected chi connectivity index (χ3v) is 2.80. The highest BCUT2D eigenvalue weighted by molar-refractivity contribution is 9.09. The molecule has 1 aromatic carbocycles. The molecular weight excluding hydrogens is 340 g/mol. The number of rotatable bonds is 13. The molecule has 6 heteroatoms. The van der Waals surface area contributed by atoms with E-state index >= 15 is 0 Å². The van der Waals surface area contributed by atoms with Crippen molar-refractivity contribution in [2.45, 2.75) is 0 Å². The maximum absolute atomic E-state index is 10.5. The SMILES string of the molecule is O=Cc1ccc(OCCOCCOCCOCCBr)cc1. The minimum Gasteiger partial charge on any atom is -0.491 e. The third-order valence-electron chi connectivity index (χ3n) is 2.48. The number of ether oxygens (including phenoxy) is 4. The lowest BCUT2D eigenvalue weighted by Crippen LogP contribution is -2.13. The van der Waals surface area contributed by atoms with Crippen molar-refractivity contribution in [3.63, 3.8) is 0 Å². The molecule has 0 N–H and O–H groups in total. The minimum absolute atomic E-state index is 0.467. The average Bonchev–Trinajstić information content (AvgIpc) is 2.53. The monoisotopic (exact) mass is 360 g/mol. The van der Waals surface area contributed by atoms with Crippen LogP contribution in [0.4, 0.5) is 0 Å². The van der Waals surface area contributed by atoms with E-state index in [1.165, 1.54) is 0 Å². The number of hydrogen-bond acceptors (Lipinski definition) is 5. The van der Waals surface area contributed by atoms with Crippen LogP contribution in [-0.2, 0) is 14.2 Å². The van der Waals surface area contributed by atoms with E-state index in [0.717, 1.165) is 17.4 Å². The van der Waals surface area contributed by atoms with Crippen molar-refractivity contribution in [1.82, 2.24) is 0 Å². The number of carbonyl (C=O) groups excluding carboxylic acids is 1. The van der Waals surface area contributed by atoms with Crippen molar-refractivity contribution in [2.75, 3.05) is 51.6 Å². The molecule has 0 saturated heterocycles. The van der Waals surface area contributed by atoms with Gasteiger partial charge in [-0.05, 0) is 24.3 Å². The van der Waals surface area contributed by atoms with Gasteiger partial charge in [0.1, 0.15) is 18.6 Å². The topological polar surface area (TPSA) is 54.0 Å². The minimum atomic E-state index is 0.467. The van der Waals surface area contributed by atoms with E-state index in [1.807, 2.05) is 0 Å². The summed E-state index contributed by atoms with van der Waals surface area (Å²) in [5.41, 5.74) is 0.635. The lowest BCUT2D eigenvalue weighted by Gasteiger charge is -2.08. The van der Waals surface area contributed by atoms with Crippen molar-refractivity contribution < 1.29 is 23.7 Å². The molecule has 1 rings (SSSR count). The number of hydrogen-bond donors (Lipinski definition) is 0. The summed E-state index contributed by atoms with van der Waals surface area (Å²) < 4.78 is 21.4. The Kier molecular flexibility index (Phi) is 11.0. The molecule has 0 unspecified atom stereocenters. The molecule has 0 aromatic heterocycles. The van der Waals surface area contributed by atoms with E-state index in [-0.39, 0.29) is 0 Å². The van der Waals surface area contributed by atoms with E-state index in [4.69, 9.17) is 18.9 Å². The van der Waals surface area contributed by atoms with Crippen LogP contribution in [0.3, 0.4) is 0 Å². The molecular formula is C15H21BrO5. The Morgan fingerprint density at radius 3 is 1.86 bits per heavy atom. The second-order valence-electron chi connectivity index (χ2n) is 4.06. The van der Waals surface area contributed by atoms with Crippen LogP contribution in [0.25, 0.3) is 0 Å². The highest BCUT2D eigenvalue weighted by Gasteiger charge is 1.95. The molecule has 0 radical (unpaired) electrons. The van der Waals surface area contributed by atoms with Gasteiger partial charge in [0.2, 0.25) is 0 Å². The Hall–Kier alpha value is -0.950. The van der Waals surface area contributed by atoms with Gasteiger partial charge in [-0.25, -0.2) is 0 Å². The molecule has 0 saturated carbocycles. The van der Waals surface area contributed by atoms with Gasteiger partial charge in [-0.3, -0.25) is 4.79 Å². The van der Waals surface area contributed by atoms with Crippen LogP contribution in [0.15, 0.2) is 24.3 Å². The summed E-state index contributed by atoms with van der Waals surface area (Å²) >= 11 is 3.28. The first kappa shape index (κ1) is 18.1.